The smallest absolute Gasteiger partial charge is 0.354 e. The van der Waals surface area contributed by atoms with E-state index in [0.717, 1.165) is 25.7 Å². The van der Waals surface area contributed by atoms with Gasteiger partial charge >= 0.3 is 5.97 Å². The zero-order valence-electron chi connectivity index (χ0n) is 9.85. The van der Waals surface area contributed by atoms with Gasteiger partial charge < -0.3 is 21.1 Å². The lowest BCUT2D eigenvalue weighted by Gasteiger charge is -2.26. The fourth-order valence-electron chi connectivity index (χ4n) is 2.15. The Kier molecular flexibility index (Phi) is 3.61. The fourth-order valence-corrected chi connectivity index (χ4v) is 2.15. The molecule has 1 aliphatic carbocycles. The minimum absolute atomic E-state index is 0.0515. The Morgan fingerprint density at radius 3 is 2.67 bits per heavy atom. The summed E-state index contributed by atoms with van der Waals surface area (Å²) in [7, 11) is 0. The number of carbonyl (C=O) groups excluding carboxylic acids is 1. The number of rotatable bonds is 3. The molecule has 7 heteroatoms. The molecule has 1 aromatic rings. The Hall–Kier alpha value is -1.89. The van der Waals surface area contributed by atoms with Gasteiger partial charge in [0.05, 0.1) is 6.33 Å². The van der Waals surface area contributed by atoms with E-state index in [1.807, 2.05) is 0 Å². The SMILES string of the molecule is NC1CCC(NC(=O)c2nc[nH]c2C(=O)O)CC1. The molecule has 1 saturated carbocycles. The first kappa shape index (κ1) is 12.6. The Labute approximate surface area is 104 Å². The Balaban J connectivity index is 1.99. The molecule has 0 aliphatic heterocycles. The van der Waals surface area contributed by atoms with Crippen molar-refractivity contribution in [3.8, 4) is 0 Å². The van der Waals surface area contributed by atoms with Gasteiger partial charge in [0, 0.05) is 12.1 Å². The van der Waals surface area contributed by atoms with Crippen molar-refractivity contribution >= 4 is 11.9 Å². The van der Waals surface area contributed by atoms with E-state index in [1.165, 1.54) is 6.33 Å². The van der Waals surface area contributed by atoms with Gasteiger partial charge in [-0.1, -0.05) is 0 Å². The number of aromatic nitrogens is 2. The largest absolute Gasteiger partial charge is 0.477 e. The first-order valence-corrected chi connectivity index (χ1v) is 5.91. The summed E-state index contributed by atoms with van der Waals surface area (Å²) in [5.41, 5.74) is 5.53. The van der Waals surface area contributed by atoms with Gasteiger partial charge in [0.2, 0.25) is 0 Å². The van der Waals surface area contributed by atoms with Crippen molar-refractivity contribution in [3.63, 3.8) is 0 Å². The average molecular weight is 252 g/mol. The number of aromatic carboxylic acids is 1. The lowest BCUT2D eigenvalue weighted by molar-refractivity contribution is 0.0684. The van der Waals surface area contributed by atoms with E-state index in [2.05, 4.69) is 15.3 Å². The highest BCUT2D eigenvalue weighted by atomic mass is 16.4. The van der Waals surface area contributed by atoms with Gasteiger partial charge in [0.25, 0.3) is 5.91 Å². The van der Waals surface area contributed by atoms with Crippen LogP contribution in [0.1, 0.15) is 46.7 Å². The van der Waals surface area contributed by atoms with Gasteiger partial charge in [0.1, 0.15) is 0 Å². The number of imidazole rings is 1. The summed E-state index contributed by atoms with van der Waals surface area (Å²) in [6.45, 7) is 0. The molecule has 5 N–H and O–H groups in total. The molecule has 1 aromatic heterocycles. The fraction of sp³-hybridized carbons (Fsp3) is 0.545. The summed E-state index contributed by atoms with van der Waals surface area (Å²) in [4.78, 5) is 28.9. The highest BCUT2D eigenvalue weighted by Gasteiger charge is 2.24. The van der Waals surface area contributed by atoms with E-state index in [4.69, 9.17) is 10.8 Å². The maximum absolute atomic E-state index is 11.9. The zero-order chi connectivity index (χ0) is 13.1. The molecule has 18 heavy (non-hydrogen) atoms. The van der Waals surface area contributed by atoms with Gasteiger partial charge in [-0.15, -0.1) is 0 Å². The standard InChI is InChI=1S/C11H16N4O3/c12-6-1-3-7(4-2-6)15-10(16)8-9(11(17)18)14-5-13-8/h5-7H,1-4,12H2,(H,13,14)(H,15,16)(H,17,18). The number of carbonyl (C=O) groups is 2. The van der Waals surface area contributed by atoms with Crippen molar-refractivity contribution in [1.82, 2.24) is 15.3 Å². The molecule has 0 bridgehead atoms. The van der Waals surface area contributed by atoms with Gasteiger partial charge in [-0.25, -0.2) is 9.78 Å². The highest BCUT2D eigenvalue weighted by molar-refractivity contribution is 6.02. The molecule has 0 radical (unpaired) electrons. The number of aromatic amines is 1. The molecule has 1 fully saturated rings. The van der Waals surface area contributed by atoms with E-state index in [-0.39, 0.29) is 23.5 Å². The maximum atomic E-state index is 11.9. The molecule has 0 saturated heterocycles. The second-order valence-electron chi connectivity index (χ2n) is 4.52. The molecule has 1 amide bonds. The highest BCUT2D eigenvalue weighted by Crippen LogP contribution is 2.17. The Morgan fingerprint density at radius 1 is 1.39 bits per heavy atom. The molecule has 98 valence electrons. The van der Waals surface area contributed by atoms with Crippen LogP contribution in [-0.4, -0.2) is 39.0 Å². The van der Waals surface area contributed by atoms with Crippen molar-refractivity contribution in [2.24, 2.45) is 5.73 Å². The molecule has 0 aromatic carbocycles. The van der Waals surface area contributed by atoms with Crippen LogP contribution in [0.15, 0.2) is 6.33 Å². The predicted octanol–water partition coefficient (Wildman–Crippen LogP) is 0.108. The van der Waals surface area contributed by atoms with Crippen LogP contribution in [0, 0.1) is 0 Å². The number of nitrogens with zero attached hydrogens (tertiary/aromatic N) is 1. The van der Waals surface area contributed by atoms with Crippen molar-refractivity contribution in [2.45, 2.75) is 37.8 Å². The molecule has 7 nitrogen and oxygen atoms in total. The van der Waals surface area contributed by atoms with Crippen LogP contribution >= 0.6 is 0 Å². The third-order valence-electron chi connectivity index (χ3n) is 3.18. The number of nitrogens with one attached hydrogen (secondary N) is 2. The Morgan fingerprint density at radius 2 is 2.06 bits per heavy atom. The van der Waals surface area contributed by atoms with Gasteiger partial charge in [0.15, 0.2) is 11.4 Å². The van der Waals surface area contributed by atoms with E-state index in [9.17, 15) is 9.59 Å². The van der Waals surface area contributed by atoms with Crippen LogP contribution in [0.25, 0.3) is 0 Å². The van der Waals surface area contributed by atoms with E-state index < -0.39 is 11.9 Å². The molecule has 0 unspecified atom stereocenters. The molecule has 2 rings (SSSR count). The number of amides is 1. The second-order valence-corrected chi connectivity index (χ2v) is 4.52. The summed E-state index contributed by atoms with van der Waals surface area (Å²) >= 11 is 0. The van der Waals surface area contributed by atoms with Crippen LogP contribution < -0.4 is 11.1 Å². The molecule has 0 spiro atoms. The van der Waals surface area contributed by atoms with Crippen LogP contribution in [0.3, 0.4) is 0 Å². The average Bonchev–Trinajstić information content (AvgIpc) is 2.81. The summed E-state index contributed by atoms with van der Waals surface area (Å²) in [5, 5.41) is 11.7. The summed E-state index contributed by atoms with van der Waals surface area (Å²) in [6.07, 6.45) is 4.59. The van der Waals surface area contributed by atoms with Crippen LogP contribution in [0.5, 0.6) is 0 Å². The molecule has 1 aliphatic rings. The minimum atomic E-state index is -1.19. The van der Waals surface area contributed by atoms with Crippen LogP contribution in [0.2, 0.25) is 0 Å². The second kappa shape index (κ2) is 5.18. The first-order valence-electron chi connectivity index (χ1n) is 5.91. The van der Waals surface area contributed by atoms with Crippen molar-refractivity contribution in [2.75, 3.05) is 0 Å². The first-order chi connectivity index (χ1) is 8.58. The van der Waals surface area contributed by atoms with Crippen LogP contribution in [-0.2, 0) is 0 Å². The normalized spacial score (nSPS) is 23.6. The van der Waals surface area contributed by atoms with Gasteiger partial charge in [-0.2, -0.15) is 0 Å². The maximum Gasteiger partial charge on any atom is 0.354 e. The summed E-state index contributed by atoms with van der Waals surface area (Å²) < 4.78 is 0. The van der Waals surface area contributed by atoms with Crippen molar-refractivity contribution in [1.29, 1.82) is 0 Å². The number of hydrogen-bond acceptors (Lipinski definition) is 4. The molecular formula is C11H16N4O3. The third-order valence-corrected chi connectivity index (χ3v) is 3.18. The monoisotopic (exact) mass is 252 g/mol. The minimum Gasteiger partial charge on any atom is -0.477 e. The molecule has 1 heterocycles. The number of hydrogen-bond donors (Lipinski definition) is 4. The zero-order valence-corrected chi connectivity index (χ0v) is 9.85. The predicted molar refractivity (Wildman–Crippen MR) is 63.2 cm³/mol. The number of nitrogens with two attached hydrogens (primary N) is 1. The molecule has 0 atom stereocenters. The van der Waals surface area contributed by atoms with E-state index in [1.54, 1.807) is 0 Å². The Bertz CT molecular complexity index is 449. The van der Waals surface area contributed by atoms with Gasteiger partial charge in [-0.05, 0) is 25.7 Å². The number of carboxylic acid groups (broad SMARTS) is 1. The lowest BCUT2D eigenvalue weighted by atomic mass is 9.92. The van der Waals surface area contributed by atoms with E-state index >= 15 is 0 Å². The van der Waals surface area contributed by atoms with Crippen LogP contribution in [0.4, 0.5) is 0 Å². The lowest BCUT2D eigenvalue weighted by Crippen LogP contribution is -2.41. The number of H-pyrrole nitrogens is 1. The third kappa shape index (κ3) is 2.67. The van der Waals surface area contributed by atoms with E-state index in [0.29, 0.717) is 0 Å². The van der Waals surface area contributed by atoms with Gasteiger partial charge in [-0.3, -0.25) is 4.79 Å². The number of carboxylic acids is 1. The topological polar surface area (TPSA) is 121 Å². The molecular weight excluding hydrogens is 236 g/mol. The summed E-state index contributed by atoms with van der Waals surface area (Å²) in [5.74, 6) is -1.64. The van der Waals surface area contributed by atoms with Crippen molar-refractivity contribution < 1.29 is 14.7 Å². The van der Waals surface area contributed by atoms with Crippen molar-refractivity contribution in [3.05, 3.63) is 17.7 Å². The summed E-state index contributed by atoms with van der Waals surface area (Å²) in [6, 6.07) is 0.258. The quantitative estimate of drug-likeness (QED) is 0.608.